The largest absolute Gasteiger partial charge is 0.392 e. The molecule has 1 aromatic rings. The second-order valence-electron chi connectivity index (χ2n) is 4.20. The quantitative estimate of drug-likeness (QED) is 0.736. The number of rotatable bonds is 2. The lowest BCUT2D eigenvalue weighted by molar-refractivity contribution is 0.193. The maximum absolute atomic E-state index is 9.39. The van der Waals surface area contributed by atoms with Gasteiger partial charge in [0.15, 0.2) is 0 Å². The van der Waals surface area contributed by atoms with Gasteiger partial charge in [-0.2, -0.15) is 5.10 Å². The topological polar surface area (TPSA) is 50.1 Å². The van der Waals surface area contributed by atoms with Crippen LogP contribution < -0.4 is 5.32 Å². The molecular weight excluding hydrogens is 178 g/mol. The first-order valence-corrected chi connectivity index (χ1v) is 5.12. The average molecular weight is 195 g/mol. The molecule has 2 N–H and O–H groups in total. The highest BCUT2D eigenvalue weighted by Gasteiger charge is 2.24. The molecule has 1 aliphatic heterocycles. The molecule has 1 saturated heterocycles. The van der Waals surface area contributed by atoms with E-state index in [2.05, 4.69) is 30.5 Å². The van der Waals surface area contributed by atoms with Crippen LogP contribution in [0.15, 0.2) is 12.4 Å². The van der Waals surface area contributed by atoms with Crippen LogP contribution in [0, 0.1) is 0 Å². The van der Waals surface area contributed by atoms with Crippen molar-refractivity contribution in [3.63, 3.8) is 0 Å². The fraction of sp³-hybridized carbons (Fsp3) is 0.700. The number of hydrogen-bond acceptors (Lipinski definition) is 3. The summed E-state index contributed by atoms with van der Waals surface area (Å²) in [5.41, 5.74) is 1.18. The monoisotopic (exact) mass is 195 g/mol. The molecule has 1 aromatic heterocycles. The molecule has 2 atom stereocenters. The Morgan fingerprint density at radius 1 is 1.64 bits per heavy atom. The Balaban J connectivity index is 2.09. The second-order valence-corrected chi connectivity index (χ2v) is 4.20. The molecule has 14 heavy (non-hydrogen) atoms. The summed E-state index contributed by atoms with van der Waals surface area (Å²) in [6.07, 6.45) is 4.53. The number of aromatic nitrogens is 2. The van der Waals surface area contributed by atoms with Crippen molar-refractivity contribution in [3.05, 3.63) is 18.0 Å². The van der Waals surface area contributed by atoms with Gasteiger partial charge in [-0.1, -0.05) is 0 Å². The van der Waals surface area contributed by atoms with Crippen LogP contribution in [0.4, 0.5) is 0 Å². The van der Waals surface area contributed by atoms with E-state index in [0.717, 1.165) is 6.42 Å². The summed E-state index contributed by atoms with van der Waals surface area (Å²) < 4.78 is 1.95. The van der Waals surface area contributed by atoms with Gasteiger partial charge in [-0.3, -0.25) is 4.68 Å². The molecule has 2 heterocycles. The summed E-state index contributed by atoms with van der Waals surface area (Å²) in [7, 11) is 0. The van der Waals surface area contributed by atoms with Crippen molar-refractivity contribution in [3.8, 4) is 0 Å². The van der Waals surface area contributed by atoms with Crippen molar-refractivity contribution in [2.75, 3.05) is 6.54 Å². The van der Waals surface area contributed by atoms with Crippen LogP contribution in [0.25, 0.3) is 0 Å². The molecule has 0 spiro atoms. The predicted octanol–water partition coefficient (Wildman–Crippen LogP) is 0.859. The van der Waals surface area contributed by atoms with Crippen LogP contribution in [-0.4, -0.2) is 27.5 Å². The van der Waals surface area contributed by atoms with E-state index in [1.807, 2.05) is 10.9 Å². The molecule has 0 aliphatic carbocycles. The van der Waals surface area contributed by atoms with Crippen LogP contribution in [0.2, 0.25) is 0 Å². The predicted molar refractivity (Wildman–Crippen MR) is 54.0 cm³/mol. The van der Waals surface area contributed by atoms with Gasteiger partial charge in [-0.05, 0) is 20.3 Å². The molecule has 78 valence electrons. The molecule has 0 radical (unpaired) electrons. The third-order valence-corrected chi connectivity index (χ3v) is 2.66. The zero-order valence-corrected chi connectivity index (χ0v) is 8.64. The number of aliphatic hydroxyl groups is 1. The number of β-amino-alcohol motifs (C(OH)–C–C–N with tert-alkyl or cyclic N) is 1. The normalized spacial score (nSPS) is 27.4. The minimum absolute atomic E-state index is 0.206. The zero-order chi connectivity index (χ0) is 10.1. The van der Waals surface area contributed by atoms with Crippen molar-refractivity contribution < 1.29 is 5.11 Å². The number of nitrogens with zero attached hydrogens (tertiary/aromatic N) is 2. The Bertz CT molecular complexity index is 308. The first-order valence-electron chi connectivity index (χ1n) is 5.12. The number of aliphatic hydroxyl groups excluding tert-OH is 1. The summed E-state index contributed by atoms with van der Waals surface area (Å²) in [6.45, 7) is 4.90. The van der Waals surface area contributed by atoms with E-state index in [9.17, 15) is 5.11 Å². The van der Waals surface area contributed by atoms with E-state index in [-0.39, 0.29) is 12.1 Å². The Hall–Kier alpha value is -0.870. The molecule has 0 bridgehead atoms. The number of hydrogen-bond donors (Lipinski definition) is 2. The van der Waals surface area contributed by atoms with Gasteiger partial charge in [-0.25, -0.2) is 0 Å². The first kappa shape index (κ1) is 9.68. The molecule has 2 unspecified atom stereocenters. The van der Waals surface area contributed by atoms with Crippen LogP contribution in [0.3, 0.4) is 0 Å². The van der Waals surface area contributed by atoms with Gasteiger partial charge in [0.2, 0.25) is 0 Å². The Kier molecular flexibility index (Phi) is 2.56. The standard InChI is InChI=1S/C10H17N3O/c1-7(2)13-6-8(4-12-13)10-3-9(14)5-11-10/h4,6-7,9-11,14H,3,5H2,1-2H3. The van der Waals surface area contributed by atoms with Gasteiger partial charge in [0, 0.05) is 30.4 Å². The third-order valence-electron chi connectivity index (χ3n) is 2.66. The van der Waals surface area contributed by atoms with Gasteiger partial charge < -0.3 is 10.4 Å². The van der Waals surface area contributed by atoms with E-state index >= 15 is 0 Å². The summed E-state index contributed by atoms with van der Waals surface area (Å²) in [4.78, 5) is 0. The first-order chi connectivity index (χ1) is 6.66. The Morgan fingerprint density at radius 2 is 2.43 bits per heavy atom. The summed E-state index contributed by atoms with van der Waals surface area (Å²) in [5, 5.41) is 16.9. The highest BCUT2D eigenvalue weighted by atomic mass is 16.3. The Labute approximate surface area is 83.9 Å². The molecule has 1 aliphatic rings. The molecule has 1 fully saturated rings. The van der Waals surface area contributed by atoms with E-state index in [0.29, 0.717) is 12.6 Å². The van der Waals surface area contributed by atoms with E-state index in [1.165, 1.54) is 5.56 Å². The van der Waals surface area contributed by atoms with E-state index in [1.54, 1.807) is 0 Å². The average Bonchev–Trinajstić information content (AvgIpc) is 2.70. The van der Waals surface area contributed by atoms with Crippen LogP contribution in [0.1, 0.15) is 37.9 Å². The summed E-state index contributed by atoms with van der Waals surface area (Å²) in [6, 6.07) is 0.674. The lowest BCUT2D eigenvalue weighted by Crippen LogP contribution is -2.14. The summed E-state index contributed by atoms with van der Waals surface area (Å²) >= 11 is 0. The maximum atomic E-state index is 9.39. The minimum Gasteiger partial charge on any atom is -0.392 e. The van der Waals surface area contributed by atoms with Gasteiger partial charge in [0.05, 0.1) is 12.3 Å². The van der Waals surface area contributed by atoms with Crippen molar-refractivity contribution in [1.82, 2.24) is 15.1 Å². The molecule has 0 aromatic carbocycles. The number of nitrogens with one attached hydrogen (secondary N) is 1. The van der Waals surface area contributed by atoms with Gasteiger partial charge in [0.1, 0.15) is 0 Å². The molecule has 0 amide bonds. The fourth-order valence-electron chi connectivity index (χ4n) is 1.79. The SMILES string of the molecule is CC(C)n1cc(C2CC(O)CN2)cn1. The van der Waals surface area contributed by atoms with E-state index < -0.39 is 0 Å². The summed E-state index contributed by atoms with van der Waals surface area (Å²) in [5.74, 6) is 0. The molecule has 2 rings (SSSR count). The molecule has 4 nitrogen and oxygen atoms in total. The molecule has 0 saturated carbocycles. The van der Waals surface area contributed by atoms with Crippen molar-refractivity contribution in [2.24, 2.45) is 0 Å². The smallest absolute Gasteiger partial charge is 0.0683 e. The Morgan fingerprint density at radius 3 is 2.93 bits per heavy atom. The van der Waals surface area contributed by atoms with Crippen LogP contribution in [-0.2, 0) is 0 Å². The van der Waals surface area contributed by atoms with Crippen molar-refractivity contribution in [2.45, 2.75) is 38.5 Å². The lowest BCUT2D eigenvalue weighted by Gasteiger charge is -2.07. The van der Waals surface area contributed by atoms with E-state index in [4.69, 9.17) is 0 Å². The zero-order valence-electron chi connectivity index (χ0n) is 8.64. The third kappa shape index (κ3) is 1.81. The minimum atomic E-state index is -0.206. The van der Waals surface area contributed by atoms with Gasteiger partial charge >= 0.3 is 0 Å². The highest BCUT2D eigenvalue weighted by molar-refractivity contribution is 5.13. The fourth-order valence-corrected chi connectivity index (χ4v) is 1.79. The highest BCUT2D eigenvalue weighted by Crippen LogP contribution is 2.23. The van der Waals surface area contributed by atoms with Crippen molar-refractivity contribution in [1.29, 1.82) is 0 Å². The van der Waals surface area contributed by atoms with Gasteiger partial charge in [-0.15, -0.1) is 0 Å². The van der Waals surface area contributed by atoms with Crippen LogP contribution in [0.5, 0.6) is 0 Å². The molecular formula is C10H17N3O. The molecule has 4 heteroatoms. The lowest BCUT2D eigenvalue weighted by atomic mass is 10.1. The maximum Gasteiger partial charge on any atom is 0.0683 e. The van der Waals surface area contributed by atoms with Gasteiger partial charge in [0.25, 0.3) is 0 Å². The van der Waals surface area contributed by atoms with Crippen molar-refractivity contribution >= 4 is 0 Å². The van der Waals surface area contributed by atoms with Crippen LogP contribution >= 0.6 is 0 Å². The second kappa shape index (κ2) is 3.71.